The minimum absolute atomic E-state index is 0.132. The number of carbonyl (C=O) groups is 2. The second-order valence-electron chi connectivity index (χ2n) is 4.77. The van der Waals surface area contributed by atoms with Crippen molar-refractivity contribution in [2.24, 2.45) is 0 Å². The Morgan fingerprint density at radius 1 is 1.35 bits per heavy atom. The van der Waals surface area contributed by atoms with Gasteiger partial charge in [0.25, 0.3) is 5.91 Å². The largest absolute Gasteiger partial charge is 0.459 e. The van der Waals surface area contributed by atoms with Crippen LogP contribution in [0, 0.1) is 0 Å². The van der Waals surface area contributed by atoms with E-state index in [1.165, 1.54) is 11.2 Å². The number of nitrogens with one attached hydrogen (secondary N) is 1. The highest BCUT2D eigenvalue weighted by atomic mass is 16.3. The van der Waals surface area contributed by atoms with E-state index in [4.69, 9.17) is 4.42 Å². The van der Waals surface area contributed by atoms with Crippen molar-refractivity contribution in [3.8, 4) is 0 Å². The lowest BCUT2D eigenvalue weighted by molar-refractivity contribution is -0.130. The van der Waals surface area contributed by atoms with Crippen molar-refractivity contribution in [3.63, 3.8) is 0 Å². The van der Waals surface area contributed by atoms with E-state index < -0.39 is 12.2 Å². The first-order chi connectivity index (χ1) is 9.58. The van der Waals surface area contributed by atoms with Crippen molar-refractivity contribution in [3.05, 3.63) is 24.2 Å². The minimum atomic E-state index is -0.863. The molecule has 1 saturated heterocycles. The standard InChI is InChI=1S/C13H18N2O5/c16-9-7-15(8-10(9)17)12(18)4-1-5-14-13(19)11-3-2-6-20-11/h2-3,6,9-10,16-17H,1,4-5,7-8H2,(H,14,19)/t9-,10+. The summed E-state index contributed by atoms with van der Waals surface area (Å²) < 4.78 is 4.94. The van der Waals surface area contributed by atoms with Crippen LogP contribution in [0.15, 0.2) is 22.8 Å². The van der Waals surface area contributed by atoms with Crippen LogP contribution in [0.2, 0.25) is 0 Å². The summed E-state index contributed by atoms with van der Waals surface area (Å²) in [7, 11) is 0. The van der Waals surface area contributed by atoms with E-state index in [0.29, 0.717) is 13.0 Å². The highest BCUT2D eigenvalue weighted by Crippen LogP contribution is 2.11. The van der Waals surface area contributed by atoms with Crippen molar-refractivity contribution in [2.75, 3.05) is 19.6 Å². The molecular weight excluding hydrogens is 264 g/mol. The van der Waals surface area contributed by atoms with Gasteiger partial charge in [-0.2, -0.15) is 0 Å². The number of aliphatic hydroxyl groups excluding tert-OH is 2. The average molecular weight is 282 g/mol. The third-order valence-electron chi connectivity index (χ3n) is 3.21. The Bertz CT molecular complexity index is 449. The van der Waals surface area contributed by atoms with Gasteiger partial charge in [-0.25, -0.2) is 0 Å². The molecular formula is C13H18N2O5. The number of carbonyl (C=O) groups excluding carboxylic acids is 2. The molecule has 7 heteroatoms. The van der Waals surface area contributed by atoms with Gasteiger partial charge in [0.1, 0.15) is 0 Å². The molecule has 1 aliphatic heterocycles. The lowest BCUT2D eigenvalue weighted by Crippen LogP contribution is -2.31. The van der Waals surface area contributed by atoms with Crippen molar-refractivity contribution in [2.45, 2.75) is 25.0 Å². The van der Waals surface area contributed by atoms with Gasteiger partial charge >= 0.3 is 0 Å². The van der Waals surface area contributed by atoms with E-state index in [9.17, 15) is 19.8 Å². The predicted octanol–water partition coefficient (Wildman–Crippen LogP) is -0.646. The maximum atomic E-state index is 11.8. The minimum Gasteiger partial charge on any atom is -0.459 e. The van der Waals surface area contributed by atoms with Crippen molar-refractivity contribution in [1.29, 1.82) is 0 Å². The number of hydrogen-bond acceptors (Lipinski definition) is 5. The number of nitrogens with zero attached hydrogens (tertiary/aromatic N) is 1. The van der Waals surface area contributed by atoms with E-state index in [-0.39, 0.29) is 37.1 Å². The van der Waals surface area contributed by atoms with Gasteiger partial charge in [-0.3, -0.25) is 9.59 Å². The third-order valence-corrected chi connectivity index (χ3v) is 3.21. The Hall–Kier alpha value is -1.86. The van der Waals surface area contributed by atoms with Crippen molar-refractivity contribution >= 4 is 11.8 Å². The summed E-state index contributed by atoms with van der Waals surface area (Å²) in [4.78, 5) is 24.7. The van der Waals surface area contributed by atoms with Gasteiger partial charge in [0, 0.05) is 26.1 Å². The summed E-state index contributed by atoms with van der Waals surface area (Å²) in [6, 6.07) is 3.19. The second kappa shape index (κ2) is 6.53. The fourth-order valence-electron chi connectivity index (χ4n) is 2.07. The first-order valence-electron chi connectivity index (χ1n) is 6.53. The third kappa shape index (κ3) is 3.58. The molecule has 1 aromatic rings. The molecule has 0 unspecified atom stereocenters. The van der Waals surface area contributed by atoms with Gasteiger partial charge in [-0.05, 0) is 18.6 Å². The molecule has 0 radical (unpaired) electrons. The second-order valence-corrected chi connectivity index (χ2v) is 4.77. The molecule has 2 atom stereocenters. The molecule has 0 spiro atoms. The zero-order valence-corrected chi connectivity index (χ0v) is 11.0. The fourth-order valence-corrected chi connectivity index (χ4v) is 2.07. The van der Waals surface area contributed by atoms with Crippen LogP contribution < -0.4 is 5.32 Å². The number of rotatable bonds is 5. The Balaban J connectivity index is 1.64. The van der Waals surface area contributed by atoms with Gasteiger partial charge in [0.15, 0.2) is 5.76 Å². The lowest BCUT2D eigenvalue weighted by atomic mass is 10.2. The number of aliphatic hydroxyl groups is 2. The zero-order chi connectivity index (χ0) is 14.5. The van der Waals surface area contributed by atoms with Crippen LogP contribution in [0.25, 0.3) is 0 Å². The normalized spacial score (nSPS) is 22.0. The van der Waals surface area contributed by atoms with E-state index in [1.807, 2.05) is 0 Å². The zero-order valence-electron chi connectivity index (χ0n) is 11.0. The Kier molecular flexibility index (Phi) is 4.75. The van der Waals surface area contributed by atoms with Crippen LogP contribution in [0.1, 0.15) is 23.4 Å². The molecule has 1 aromatic heterocycles. The first-order valence-corrected chi connectivity index (χ1v) is 6.53. The molecule has 3 N–H and O–H groups in total. The number of β-amino-alcohol motifs (C(OH)–C–C–N with tert-alkyl or cyclic N) is 2. The van der Waals surface area contributed by atoms with Crippen LogP contribution in [-0.4, -0.2) is 58.8 Å². The molecule has 0 bridgehead atoms. The number of furan rings is 1. The van der Waals surface area contributed by atoms with Crippen LogP contribution in [0.5, 0.6) is 0 Å². The molecule has 0 saturated carbocycles. The van der Waals surface area contributed by atoms with Crippen LogP contribution >= 0.6 is 0 Å². The van der Waals surface area contributed by atoms with Gasteiger partial charge in [0.05, 0.1) is 18.5 Å². The summed E-state index contributed by atoms with van der Waals surface area (Å²) in [5, 5.41) is 21.4. The summed E-state index contributed by atoms with van der Waals surface area (Å²) in [6.07, 6.45) is 0.448. The Morgan fingerprint density at radius 2 is 2.05 bits per heavy atom. The summed E-state index contributed by atoms with van der Waals surface area (Å²) in [5.41, 5.74) is 0. The molecule has 2 heterocycles. The van der Waals surface area contributed by atoms with Gasteiger partial charge < -0.3 is 24.8 Å². The highest BCUT2D eigenvalue weighted by molar-refractivity contribution is 5.91. The molecule has 2 amide bonds. The van der Waals surface area contributed by atoms with E-state index in [2.05, 4.69) is 5.32 Å². The first kappa shape index (κ1) is 14.5. The molecule has 7 nitrogen and oxygen atoms in total. The monoisotopic (exact) mass is 282 g/mol. The smallest absolute Gasteiger partial charge is 0.286 e. The van der Waals surface area contributed by atoms with Crippen molar-refractivity contribution < 1.29 is 24.2 Å². The van der Waals surface area contributed by atoms with E-state index in [1.54, 1.807) is 12.1 Å². The Morgan fingerprint density at radius 3 is 2.65 bits per heavy atom. The topological polar surface area (TPSA) is 103 Å². The molecule has 1 fully saturated rings. The van der Waals surface area contributed by atoms with E-state index in [0.717, 1.165) is 0 Å². The predicted molar refractivity (Wildman–Crippen MR) is 68.9 cm³/mol. The van der Waals surface area contributed by atoms with Crippen LogP contribution in [-0.2, 0) is 4.79 Å². The lowest BCUT2D eigenvalue weighted by Gasteiger charge is -2.15. The maximum absolute atomic E-state index is 11.8. The van der Waals surface area contributed by atoms with Gasteiger partial charge in [0.2, 0.25) is 5.91 Å². The molecule has 1 aliphatic rings. The highest BCUT2D eigenvalue weighted by Gasteiger charge is 2.31. The molecule has 20 heavy (non-hydrogen) atoms. The van der Waals surface area contributed by atoms with Crippen LogP contribution in [0.3, 0.4) is 0 Å². The summed E-state index contributed by atoms with van der Waals surface area (Å²) in [5.74, 6) is -0.204. The Labute approximate surface area is 116 Å². The average Bonchev–Trinajstić information content (AvgIpc) is 3.05. The molecule has 0 aromatic carbocycles. The van der Waals surface area contributed by atoms with Crippen LogP contribution in [0.4, 0.5) is 0 Å². The summed E-state index contributed by atoms with van der Waals surface area (Å²) in [6.45, 7) is 0.696. The summed E-state index contributed by atoms with van der Waals surface area (Å²) >= 11 is 0. The molecule has 2 rings (SSSR count). The van der Waals surface area contributed by atoms with E-state index >= 15 is 0 Å². The molecule has 0 aliphatic carbocycles. The number of hydrogen-bond donors (Lipinski definition) is 3. The quantitative estimate of drug-likeness (QED) is 0.623. The number of amides is 2. The fraction of sp³-hybridized carbons (Fsp3) is 0.538. The maximum Gasteiger partial charge on any atom is 0.286 e. The van der Waals surface area contributed by atoms with Crippen molar-refractivity contribution in [1.82, 2.24) is 10.2 Å². The van der Waals surface area contributed by atoms with Gasteiger partial charge in [-0.15, -0.1) is 0 Å². The number of likely N-dealkylation sites (tertiary alicyclic amines) is 1. The molecule has 110 valence electrons. The SMILES string of the molecule is O=C(NCCCC(=O)N1C[C@@H](O)[C@@H](O)C1)c1ccco1. The van der Waals surface area contributed by atoms with Gasteiger partial charge in [-0.1, -0.05) is 0 Å².